The molecule has 0 atom stereocenters. The van der Waals surface area contributed by atoms with E-state index >= 15 is 0 Å². The number of benzene rings is 4. The van der Waals surface area contributed by atoms with Crippen LogP contribution in [0.2, 0.25) is 15.1 Å². The van der Waals surface area contributed by atoms with E-state index in [4.69, 9.17) is 49.0 Å². The number of amides is 1. The molecule has 0 spiro atoms. The molecule has 4 aromatic carbocycles. The van der Waals surface area contributed by atoms with E-state index in [1.54, 1.807) is 60.7 Å². The van der Waals surface area contributed by atoms with Crippen LogP contribution in [0.5, 0.6) is 17.2 Å². The van der Waals surface area contributed by atoms with Gasteiger partial charge in [0.15, 0.2) is 11.5 Å². The molecule has 41 heavy (non-hydrogen) atoms. The van der Waals surface area contributed by atoms with Crippen LogP contribution in [0.4, 0.5) is 5.69 Å². The average Bonchev–Trinajstić information content (AvgIpc) is 2.96. The molecule has 0 saturated heterocycles. The van der Waals surface area contributed by atoms with Crippen LogP contribution in [0.3, 0.4) is 0 Å². The highest BCUT2D eigenvalue weighted by molar-refractivity contribution is 6.32. The van der Waals surface area contributed by atoms with Crippen LogP contribution in [-0.4, -0.2) is 12.5 Å². The first-order chi connectivity index (χ1) is 19.8. The number of nitrogens with one attached hydrogen (secondary N) is 1. The molecule has 0 saturated carbocycles. The Balaban J connectivity index is 1.43. The van der Waals surface area contributed by atoms with Crippen molar-refractivity contribution in [3.8, 4) is 23.3 Å². The number of hydrogen-bond donors (Lipinski definition) is 1. The summed E-state index contributed by atoms with van der Waals surface area (Å²) < 4.78 is 17.5. The molecule has 0 aliphatic carbocycles. The molecule has 0 aliphatic heterocycles. The lowest BCUT2D eigenvalue weighted by Gasteiger charge is -2.15. The normalized spacial score (nSPS) is 11.0. The van der Waals surface area contributed by atoms with Gasteiger partial charge < -0.3 is 19.5 Å². The van der Waals surface area contributed by atoms with E-state index in [-0.39, 0.29) is 17.2 Å². The van der Waals surface area contributed by atoms with Crippen molar-refractivity contribution < 1.29 is 19.0 Å². The minimum atomic E-state index is -0.572. The van der Waals surface area contributed by atoms with Gasteiger partial charge in [-0.15, -0.1) is 0 Å². The SMILES string of the molecule is CCOc1cc(/C=C(\C#N)C(=O)Nc2ccc(OCc3ccc(Cl)cc3)cc2)cc(Cl)c1OCc1cccc(Cl)c1. The van der Waals surface area contributed by atoms with Gasteiger partial charge in [0.25, 0.3) is 5.91 Å². The number of halogens is 3. The van der Waals surface area contributed by atoms with Crippen LogP contribution in [-0.2, 0) is 18.0 Å². The Morgan fingerprint density at radius 2 is 1.59 bits per heavy atom. The highest BCUT2D eigenvalue weighted by Crippen LogP contribution is 2.38. The summed E-state index contributed by atoms with van der Waals surface area (Å²) in [5, 5.41) is 14.0. The second-order valence-electron chi connectivity index (χ2n) is 8.75. The Bertz CT molecular complexity index is 1580. The molecule has 208 valence electrons. The molecule has 0 aliphatic rings. The number of nitriles is 1. The molecular formula is C32H25Cl3N2O4. The number of ether oxygens (including phenoxy) is 3. The summed E-state index contributed by atoms with van der Waals surface area (Å²) in [5.74, 6) is 0.801. The number of carbonyl (C=O) groups excluding carboxylic acids is 1. The third-order valence-corrected chi connectivity index (χ3v) is 6.48. The smallest absolute Gasteiger partial charge is 0.266 e. The maximum Gasteiger partial charge on any atom is 0.266 e. The summed E-state index contributed by atoms with van der Waals surface area (Å²) in [7, 11) is 0. The fourth-order valence-corrected chi connectivity index (χ4v) is 4.36. The van der Waals surface area contributed by atoms with E-state index < -0.39 is 5.91 Å². The molecule has 4 aromatic rings. The van der Waals surface area contributed by atoms with Crippen LogP contribution in [0.15, 0.2) is 90.5 Å². The van der Waals surface area contributed by atoms with Crippen molar-refractivity contribution in [2.45, 2.75) is 20.1 Å². The zero-order valence-electron chi connectivity index (χ0n) is 22.0. The van der Waals surface area contributed by atoms with E-state index in [0.29, 0.717) is 51.8 Å². The summed E-state index contributed by atoms with van der Waals surface area (Å²) in [4.78, 5) is 12.9. The number of carbonyl (C=O) groups is 1. The van der Waals surface area contributed by atoms with Crippen molar-refractivity contribution in [2.75, 3.05) is 11.9 Å². The van der Waals surface area contributed by atoms with Gasteiger partial charge in [-0.2, -0.15) is 5.26 Å². The van der Waals surface area contributed by atoms with E-state index in [2.05, 4.69) is 5.32 Å². The lowest BCUT2D eigenvalue weighted by Crippen LogP contribution is -2.13. The summed E-state index contributed by atoms with van der Waals surface area (Å²) in [6.45, 7) is 2.80. The molecule has 0 radical (unpaired) electrons. The molecule has 4 rings (SSSR count). The molecule has 0 aromatic heterocycles. The van der Waals surface area contributed by atoms with Crippen LogP contribution in [0.25, 0.3) is 6.08 Å². The Hall–Kier alpha value is -4.15. The molecule has 0 fully saturated rings. The molecular weight excluding hydrogens is 583 g/mol. The predicted molar refractivity (Wildman–Crippen MR) is 163 cm³/mol. The monoisotopic (exact) mass is 606 g/mol. The van der Waals surface area contributed by atoms with Crippen molar-refractivity contribution in [3.05, 3.63) is 122 Å². The highest BCUT2D eigenvalue weighted by atomic mass is 35.5. The Labute approximate surface area is 253 Å². The zero-order valence-corrected chi connectivity index (χ0v) is 24.3. The van der Waals surface area contributed by atoms with Gasteiger partial charge in [0.1, 0.15) is 30.6 Å². The van der Waals surface area contributed by atoms with Crippen molar-refractivity contribution in [1.82, 2.24) is 0 Å². The molecule has 0 heterocycles. The fraction of sp³-hybridized carbons (Fsp3) is 0.125. The van der Waals surface area contributed by atoms with Gasteiger partial charge in [0.05, 0.1) is 11.6 Å². The maximum absolute atomic E-state index is 12.9. The maximum atomic E-state index is 12.9. The Morgan fingerprint density at radius 1 is 0.854 bits per heavy atom. The van der Waals surface area contributed by atoms with Crippen LogP contribution in [0.1, 0.15) is 23.6 Å². The van der Waals surface area contributed by atoms with E-state index in [0.717, 1.165) is 11.1 Å². The lowest BCUT2D eigenvalue weighted by molar-refractivity contribution is -0.112. The summed E-state index contributed by atoms with van der Waals surface area (Å²) >= 11 is 18.5. The van der Waals surface area contributed by atoms with E-state index in [9.17, 15) is 10.1 Å². The minimum absolute atomic E-state index is 0.112. The quantitative estimate of drug-likeness (QED) is 0.136. The van der Waals surface area contributed by atoms with E-state index in [1.165, 1.54) is 6.08 Å². The van der Waals surface area contributed by atoms with Crippen molar-refractivity contribution >= 4 is 52.5 Å². The van der Waals surface area contributed by atoms with Crippen LogP contribution in [0, 0.1) is 11.3 Å². The first-order valence-corrected chi connectivity index (χ1v) is 13.7. The Morgan fingerprint density at radius 3 is 2.27 bits per heavy atom. The van der Waals surface area contributed by atoms with Gasteiger partial charge in [-0.05, 0) is 90.4 Å². The summed E-state index contributed by atoms with van der Waals surface area (Å²) in [6, 6.07) is 26.8. The molecule has 6 nitrogen and oxygen atoms in total. The standard InChI is InChI=1S/C32H25Cl3N2O4/c1-2-39-30-17-23(16-29(35)31(30)41-20-22-4-3-5-26(34)15-22)14-24(18-36)32(38)37-27-10-12-28(13-11-27)40-19-21-6-8-25(33)9-7-21/h3-17H,2,19-20H2,1H3,(H,37,38)/b24-14+. The topological polar surface area (TPSA) is 80.6 Å². The summed E-state index contributed by atoms with van der Waals surface area (Å²) in [5.41, 5.74) is 2.74. The predicted octanol–water partition coefficient (Wildman–Crippen LogP) is 8.75. The summed E-state index contributed by atoms with van der Waals surface area (Å²) in [6.07, 6.45) is 1.44. The van der Waals surface area contributed by atoms with Gasteiger partial charge in [-0.25, -0.2) is 0 Å². The number of rotatable bonds is 11. The Kier molecular flexibility index (Phi) is 10.5. The molecule has 1 N–H and O–H groups in total. The average molecular weight is 608 g/mol. The zero-order chi connectivity index (χ0) is 29.2. The fourth-order valence-electron chi connectivity index (χ4n) is 3.75. The molecule has 0 unspecified atom stereocenters. The molecule has 9 heteroatoms. The van der Waals surface area contributed by atoms with Crippen molar-refractivity contribution in [2.24, 2.45) is 0 Å². The number of anilines is 1. The molecule has 1 amide bonds. The second kappa shape index (κ2) is 14.5. The lowest BCUT2D eigenvalue weighted by atomic mass is 10.1. The number of nitrogens with zero attached hydrogens (tertiary/aromatic N) is 1. The van der Waals surface area contributed by atoms with Gasteiger partial charge in [-0.3, -0.25) is 4.79 Å². The largest absolute Gasteiger partial charge is 0.490 e. The van der Waals surface area contributed by atoms with E-state index in [1.807, 2.05) is 37.3 Å². The van der Waals surface area contributed by atoms with Gasteiger partial charge >= 0.3 is 0 Å². The first-order valence-electron chi connectivity index (χ1n) is 12.6. The second-order valence-corrected chi connectivity index (χ2v) is 10.0. The number of hydrogen-bond acceptors (Lipinski definition) is 5. The van der Waals surface area contributed by atoms with Crippen molar-refractivity contribution in [1.29, 1.82) is 5.26 Å². The molecule has 0 bridgehead atoms. The van der Waals surface area contributed by atoms with Gasteiger partial charge in [0.2, 0.25) is 0 Å². The highest BCUT2D eigenvalue weighted by Gasteiger charge is 2.15. The third-order valence-electron chi connectivity index (χ3n) is 5.71. The third kappa shape index (κ3) is 8.67. The van der Waals surface area contributed by atoms with Crippen LogP contribution >= 0.6 is 34.8 Å². The van der Waals surface area contributed by atoms with Gasteiger partial charge in [0, 0.05) is 15.7 Å². The van der Waals surface area contributed by atoms with Crippen LogP contribution < -0.4 is 19.5 Å². The first kappa shape index (κ1) is 29.8. The minimum Gasteiger partial charge on any atom is -0.490 e. The van der Waals surface area contributed by atoms with Gasteiger partial charge in [-0.1, -0.05) is 59.1 Å². The van der Waals surface area contributed by atoms with Crippen molar-refractivity contribution in [3.63, 3.8) is 0 Å².